The Morgan fingerprint density at radius 2 is 2.39 bits per heavy atom. The lowest BCUT2D eigenvalue weighted by atomic mass is 9.73. The largest absolute Gasteiger partial charge is 0.374 e. The first-order valence-corrected chi connectivity index (χ1v) is 7.22. The summed E-state index contributed by atoms with van der Waals surface area (Å²) in [5.74, 6) is 9.18. The molecule has 0 radical (unpaired) electrons. The highest BCUT2D eigenvalue weighted by molar-refractivity contribution is 4.97. The van der Waals surface area contributed by atoms with Crippen LogP contribution in [-0.4, -0.2) is 18.2 Å². The van der Waals surface area contributed by atoms with Gasteiger partial charge in [0.05, 0.1) is 11.6 Å². The molecule has 1 saturated carbocycles. The van der Waals surface area contributed by atoms with E-state index in [4.69, 9.17) is 17.0 Å². The van der Waals surface area contributed by atoms with Gasteiger partial charge in [0.1, 0.15) is 0 Å². The molecule has 0 aliphatic heterocycles. The molecule has 0 spiro atoms. The molecule has 3 unspecified atom stereocenters. The number of rotatable bonds is 7. The van der Waals surface area contributed by atoms with E-state index in [-0.39, 0.29) is 11.6 Å². The second-order valence-electron chi connectivity index (χ2n) is 5.51. The van der Waals surface area contributed by atoms with Gasteiger partial charge >= 0.3 is 0 Å². The van der Waals surface area contributed by atoms with Gasteiger partial charge in [-0.3, -0.25) is 11.3 Å². The van der Waals surface area contributed by atoms with Gasteiger partial charge in [-0.15, -0.1) is 12.3 Å². The minimum atomic E-state index is -0.0875. The van der Waals surface area contributed by atoms with Crippen molar-refractivity contribution in [3.05, 3.63) is 0 Å². The van der Waals surface area contributed by atoms with Crippen molar-refractivity contribution in [2.45, 2.75) is 70.4 Å². The highest BCUT2D eigenvalue weighted by atomic mass is 16.5. The maximum Gasteiger partial charge on any atom is 0.0850 e. The van der Waals surface area contributed by atoms with Crippen LogP contribution in [-0.2, 0) is 4.74 Å². The van der Waals surface area contributed by atoms with E-state index in [1.54, 1.807) is 0 Å². The van der Waals surface area contributed by atoms with Crippen LogP contribution in [0.3, 0.4) is 0 Å². The number of hydrogen-bond acceptors (Lipinski definition) is 3. The van der Waals surface area contributed by atoms with Crippen LogP contribution in [0, 0.1) is 18.3 Å². The molecule has 0 aromatic carbocycles. The molecule has 1 fully saturated rings. The van der Waals surface area contributed by atoms with Crippen molar-refractivity contribution in [3.8, 4) is 12.3 Å². The molecule has 3 heteroatoms. The maximum atomic E-state index is 6.13. The standard InChI is InChI=1S/C15H28N2O/c1-4-6-7-10-14(17-16)15(18-5-2)11-8-9-13(3)12-15/h1,13-14,17H,5-12,16H2,2-3H3. The van der Waals surface area contributed by atoms with E-state index < -0.39 is 0 Å². The number of nitrogens with two attached hydrogens (primary N) is 1. The quantitative estimate of drug-likeness (QED) is 0.317. The Balaban J connectivity index is 2.69. The van der Waals surface area contributed by atoms with Gasteiger partial charge in [0.25, 0.3) is 0 Å². The Labute approximate surface area is 112 Å². The average molecular weight is 252 g/mol. The summed E-state index contributed by atoms with van der Waals surface area (Å²) in [5, 5.41) is 0. The maximum absolute atomic E-state index is 6.13. The van der Waals surface area contributed by atoms with Gasteiger partial charge < -0.3 is 4.74 Å². The molecular weight excluding hydrogens is 224 g/mol. The van der Waals surface area contributed by atoms with Crippen molar-refractivity contribution in [1.29, 1.82) is 0 Å². The number of nitrogens with one attached hydrogen (secondary N) is 1. The van der Waals surface area contributed by atoms with Crippen LogP contribution >= 0.6 is 0 Å². The highest BCUT2D eigenvalue weighted by Crippen LogP contribution is 2.38. The summed E-state index contributed by atoms with van der Waals surface area (Å²) < 4.78 is 6.13. The predicted octanol–water partition coefficient (Wildman–Crippen LogP) is 2.61. The zero-order valence-corrected chi connectivity index (χ0v) is 11.9. The minimum absolute atomic E-state index is 0.0875. The number of hydrazine groups is 1. The van der Waals surface area contributed by atoms with Gasteiger partial charge in [0.15, 0.2) is 0 Å². The van der Waals surface area contributed by atoms with E-state index in [9.17, 15) is 0 Å². The first kappa shape index (κ1) is 15.5. The summed E-state index contributed by atoms with van der Waals surface area (Å²) in [4.78, 5) is 0. The Morgan fingerprint density at radius 3 is 2.94 bits per heavy atom. The molecule has 0 saturated heterocycles. The van der Waals surface area contributed by atoms with E-state index in [1.165, 1.54) is 12.8 Å². The van der Waals surface area contributed by atoms with Crippen molar-refractivity contribution in [1.82, 2.24) is 5.43 Å². The fourth-order valence-electron chi connectivity index (χ4n) is 3.29. The molecular formula is C15H28N2O. The summed E-state index contributed by atoms with van der Waals surface area (Å²) in [5.41, 5.74) is 2.90. The summed E-state index contributed by atoms with van der Waals surface area (Å²) in [6, 6.07) is 0.216. The lowest BCUT2D eigenvalue weighted by Crippen LogP contribution is -2.56. The van der Waals surface area contributed by atoms with E-state index in [1.807, 2.05) is 0 Å². The Hall–Kier alpha value is -0.560. The number of hydrogen-bond donors (Lipinski definition) is 2. The lowest BCUT2D eigenvalue weighted by Gasteiger charge is -2.45. The van der Waals surface area contributed by atoms with Crippen LogP contribution in [0.25, 0.3) is 0 Å². The second-order valence-corrected chi connectivity index (χ2v) is 5.51. The molecule has 3 atom stereocenters. The first-order chi connectivity index (χ1) is 8.68. The van der Waals surface area contributed by atoms with Crippen molar-refractivity contribution in [2.75, 3.05) is 6.61 Å². The third kappa shape index (κ3) is 3.98. The van der Waals surface area contributed by atoms with Crippen LogP contribution in [0.2, 0.25) is 0 Å². The first-order valence-electron chi connectivity index (χ1n) is 7.22. The van der Waals surface area contributed by atoms with Gasteiger partial charge in [0, 0.05) is 13.0 Å². The van der Waals surface area contributed by atoms with E-state index in [2.05, 4.69) is 25.2 Å². The van der Waals surface area contributed by atoms with Gasteiger partial charge in [0.2, 0.25) is 0 Å². The molecule has 3 nitrogen and oxygen atoms in total. The number of ether oxygens (including phenoxy) is 1. The number of unbranched alkanes of at least 4 members (excludes halogenated alkanes) is 1. The summed E-state index contributed by atoms with van der Waals surface area (Å²) in [6.45, 7) is 5.12. The van der Waals surface area contributed by atoms with Gasteiger partial charge in [-0.1, -0.05) is 19.8 Å². The van der Waals surface area contributed by atoms with E-state index in [0.717, 1.165) is 38.7 Å². The zero-order chi connectivity index (χ0) is 13.4. The van der Waals surface area contributed by atoms with Gasteiger partial charge in [-0.25, -0.2) is 0 Å². The van der Waals surface area contributed by atoms with Crippen molar-refractivity contribution < 1.29 is 4.74 Å². The second kappa shape index (κ2) is 7.78. The highest BCUT2D eigenvalue weighted by Gasteiger charge is 2.41. The SMILES string of the molecule is C#CCCCC(NN)C1(OCC)CCCC(C)C1. The monoisotopic (exact) mass is 252 g/mol. The molecule has 104 valence electrons. The smallest absolute Gasteiger partial charge is 0.0850 e. The molecule has 0 amide bonds. The minimum Gasteiger partial charge on any atom is -0.374 e. The summed E-state index contributed by atoms with van der Waals surface area (Å²) in [7, 11) is 0. The lowest BCUT2D eigenvalue weighted by molar-refractivity contribution is -0.102. The third-order valence-electron chi connectivity index (χ3n) is 4.07. The summed E-state index contributed by atoms with van der Waals surface area (Å²) >= 11 is 0. The van der Waals surface area contributed by atoms with Crippen LogP contribution in [0.15, 0.2) is 0 Å². The van der Waals surface area contributed by atoms with Crippen LogP contribution in [0.5, 0.6) is 0 Å². The van der Waals surface area contributed by atoms with Crippen LogP contribution in [0.1, 0.15) is 58.8 Å². The normalized spacial score (nSPS) is 29.8. The Bertz CT molecular complexity index is 270. The predicted molar refractivity (Wildman–Crippen MR) is 75.8 cm³/mol. The number of terminal acetylenes is 1. The molecule has 0 heterocycles. The Morgan fingerprint density at radius 1 is 1.61 bits per heavy atom. The van der Waals surface area contributed by atoms with Crippen LogP contribution in [0.4, 0.5) is 0 Å². The topological polar surface area (TPSA) is 47.3 Å². The van der Waals surface area contributed by atoms with Crippen molar-refractivity contribution in [3.63, 3.8) is 0 Å². The molecule has 3 N–H and O–H groups in total. The molecule has 1 aliphatic carbocycles. The molecule has 18 heavy (non-hydrogen) atoms. The Kier molecular flexibility index (Phi) is 6.70. The van der Waals surface area contributed by atoms with E-state index >= 15 is 0 Å². The fraction of sp³-hybridized carbons (Fsp3) is 0.867. The van der Waals surface area contributed by atoms with Crippen LogP contribution < -0.4 is 11.3 Å². The molecule has 1 aliphatic rings. The molecule has 0 bridgehead atoms. The van der Waals surface area contributed by atoms with Gasteiger partial charge in [-0.05, 0) is 38.5 Å². The van der Waals surface area contributed by atoms with Crippen molar-refractivity contribution in [2.24, 2.45) is 11.8 Å². The molecule has 0 aromatic rings. The fourth-order valence-corrected chi connectivity index (χ4v) is 3.29. The van der Waals surface area contributed by atoms with Gasteiger partial charge in [-0.2, -0.15) is 0 Å². The van der Waals surface area contributed by atoms with Crippen molar-refractivity contribution >= 4 is 0 Å². The average Bonchev–Trinajstić information content (AvgIpc) is 2.35. The third-order valence-corrected chi connectivity index (χ3v) is 4.07. The van der Waals surface area contributed by atoms with E-state index in [0.29, 0.717) is 5.92 Å². The molecule has 0 aromatic heterocycles. The summed E-state index contributed by atoms with van der Waals surface area (Å²) in [6.07, 6.45) is 12.9. The zero-order valence-electron chi connectivity index (χ0n) is 11.9. The molecule has 1 rings (SSSR count).